The molecule has 0 radical (unpaired) electrons. The third kappa shape index (κ3) is 12.4. The van der Waals surface area contributed by atoms with Crippen molar-refractivity contribution in [3.63, 3.8) is 0 Å². The Kier molecular flexibility index (Phi) is 15.1. The van der Waals surface area contributed by atoms with Crippen LogP contribution in [0.4, 0.5) is 34.3 Å². The summed E-state index contributed by atoms with van der Waals surface area (Å²) in [5.74, 6) is 0.0147. The van der Waals surface area contributed by atoms with Gasteiger partial charge in [-0.1, -0.05) is 60.1 Å². The van der Waals surface area contributed by atoms with Gasteiger partial charge in [-0.05, 0) is 84.8 Å². The van der Waals surface area contributed by atoms with E-state index in [2.05, 4.69) is 30.6 Å². The number of fused-ring (bicyclic) bond motifs is 2. The molecule has 5 heterocycles. The summed E-state index contributed by atoms with van der Waals surface area (Å²) in [5.41, 5.74) is 11.4. The van der Waals surface area contributed by atoms with E-state index in [1.165, 1.54) is 42.1 Å². The van der Waals surface area contributed by atoms with Gasteiger partial charge in [-0.15, -0.1) is 0 Å². The number of urea groups is 1. The number of halogens is 5. The van der Waals surface area contributed by atoms with E-state index in [1.54, 1.807) is 90.8 Å². The molecule has 17 heteroatoms. The smallest absolute Gasteiger partial charge is 0.409 e. The standard InChI is InChI=1S/C19H16ClFN4O.C12H12FN3.C7H5ClO2.C6H7FN2/c20-14-2-1-3-16(10-14)23-19(26)24-8-9-25-18(12-24)17(11-22-25)13-4-6-15(21)7-5-13;13-10-3-1-9(2-4-10)11-7-15-16-6-5-14-8-12(11)16;8-7(9)10-6-4-2-1-3-5-6;1-4-5(7)2-3-6(8)9-4/h1-7,10-11H,8-9,12H2,(H,23,26);1-4,7,14H,5-6,8H2;1-5H;2-3H,1H3,(H2,8,9). The zero-order valence-corrected chi connectivity index (χ0v) is 34.3. The first-order chi connectivity index (χ1) is 29.4. The van der Waals surface area contributed by atoms with E-state index in [4.69, 9.17) is 28.9 Å². The molecule has 4 N–H and O–H groups in total. The molecule has 2 aliphatic heterocycles. The number of rotatable bonds is 4. The Hall–Kier alpha value is -6.68. The third-order valence-corrected chi connectivity index (χ3v) is 9.58. The van der Waals surface area contributed by atoms with Crippen LogP contribution in [0.2, 0.25) is 5.02 Å². The topological polar surface area (TPSA) is 145 Å². The molecule has 0 saturated carbocycles. The maximum Gasteiger partial charge on any atom is 0.409 e. The zero-order chi connectivity index (χ0) is 43.3. The Balaban J connectivity index is 0.000000151. The summed E-state index contributed by atoms with van der Waals surface area (Å²) in [4.78, 5) is 28.2. The molecule has 0 atom stereocenters. The van der Waals surface area contributed by atoms with Gasteiger partial charge in [-0.25, -0.2) is 27.7 Å². The molecule has 0 bridgehead atoms. The Morgan fingerprint density at radius 1 is 0.770 bits per heavy atom. The Bertz CT molecular complexity index is 2560. The molecular formula is C44H40Cl2F3N9O3. The summed E-state index contributed by atoms with van der Waals surface area (Å²) in [5, 5.41) is 15.5. The summed E-state index contributed by atoms with van der Waals surface area (Å²) < 4.78 is 46.8. The van der Waals surface area contributed by atoms with E-state index in [9.17, 15) is 22.8 Å². The molecule has 0 aliphatic carbocycles. The van der Waals surface area contributed by atoms with Gasteiger partial charge < -0.3 is 26.0 Å². The monoisotopic (exact) mass is 869 g/mol. The van der Waals surface area contributed by atoms with E-state index in [0.717, 1.165) is 47.6 Å². The van der Waals surface area contributed by atoms with E-state index in [0.29, 0.717) is 47.6 Å². The van der Waals surface area contributed by atoms with E-state index in [-0.39, 0.29) is 23.5 Å². The molecule has 314 valence electrons. The number of aromatic nitrogens is 5. The minimum Gasteiger partial charge on any atom is -0.415 e. The molecule has 7 aromatic rings. The maximum absolute atomic E-state index is 13.2. The molecule has 12 nitrogen and oxygen atoms in total. The number of amides is 2. The lowest BCUT2D eigenvalue weighted by Gasteiger charge is -2.28. The molecule has 0 spiro atoms. The molecule has 0 unspecified atom stereocenters. The largest absolute Gasteiger partial charge is 0.415 e. The first-order valence-corrected chi connectivity index (χ1v) is 19.6. The molecule has 61 heavy (non-hydrogen) atoms. The van der Waals surface area contributed by atoms with Crippen molar-refractivity contribution in [2.24, 2.45) is 0 Å². The maximum atomic E-state index is 13.2. The van der Waals surface area contributed by atoms with Crippen LogP contribution < -0.4 is 21.1 Å². The average Bonchev–Trinajstić information content (AvgIpc) is 3.89. The Morgan fingerprint density at radius 3 is 1.98 bits per heavy atom. The van der Waals surface area contributed by atoms with Crippen LogP contribution in [0, 0.1) is 24.4 Å². The number of para-hydroxylation sites is 1. The highest BCUT2D eigenvalue weighted by molar-refractivity contribution is 6.61. The summed E-state index contributed by atoms with van der Waals surface area (Å²) in [7, 11) is 0. The van der Waals surface area contributed by atoms with Crippen LogP contribution in [-0.2, 0) is 26.2 Å². The van der Waals surface area contributed by atoms with Crippen molar-refractivity contribution < 1.29 is 27.5 Å². The van der Waals surface area contributed by atoms with Gasteiger partial charge in [0, 0.05) is 53.1 Å². The predicted molar refractivity (Wildman–Crippen MR) is 229 cm³/mol. The highest BCUT2D eigenvalue weighted by Gasteiger charge is 2.25. The van der Waals surface area contributed by atoms with Crippen LogP contribution in [0.15, 0.2) is 128 Å². The fourth-order valence-corrected chi connectivity index (χ4v) is 6.53. The number of carbonyl (C=O) groups excluding carboxylic acids is 2. The molecule has 2 aliphatic rings. The van der Waals surface area contributed by atoms with Gasteiger partial charge in [-0.3, -0.25) is 9.36 Å². The van der Waals surface area contributed by atoms with Crippen LogP contribution in [0.3, 0.4) is 0 Å². The number of nitrogens with one attached hydrogen (secondary N) is 2. The summed E-state index contributed by atoms with van der Waals surface area (Å²) in [6.45, 7) is 5.86. The predicted octanol–water partition coefficient (Wildman–Crippen LogP) is 9.72. The van der Waals surface area contributed by atoms with Gasteiger partial charge in [-0.2, -0.15) is 10.2 Å². The van der Waals surface area contributed by atoms with Gasteiger partial charge in [0.1, 0.15) is 29.0 Å². The second-order valence-corrected chi connectivity index (χ2v) is 14.2. The first kappa shape index (κ1) is 43.9. The van der Waals surface area contributed by atoms with Gasteiger partial charge in [0.15, 0.2) is 0 Å². The van der Waals surface area contributed by atoms with E-state index >= 15 is 0 Å². The number of carbonyl (C=O) groups is 2. The van der Waals surface area contributed by atoms with Crippen molar-refractivity contribution in [1.29, 1.82) is 0 Å². The van der Waals surface area contributed by atoms with Crippen LogP contribution in [0.25, 0.3) is 22.3 Å². The number of ether oxygens (including phenoxy) is 1. The minimum atomic E-state index is -0.814. The van der Waals surface area contributed by atoms with Gasteiger partial charge in [0.05, 0.1) is 49.1 Å². The third-order valence-electron chi connectivity index (χ3n) is 9.27. The van der Waals surface area contributed by atoms with Crippen molar-refractivity contribution in [1.82, 2.24) is 34.8 Å². The van der Waals surface area contributed by atoms with Crippen molar-refractivity contribution in [3.8, 4) is 28.0 Å². The molecule has 2 amide bonds. The molecule has 0 saturated heterocycles. The lowest BCUT2D eigenvalue weighted by molar-refractivity contribution is 0.194. The SMILES string of the molecule is Cc1nc(N)ccc1F.Fc1ccc(-c2cnn3c2CNCC3)cc1.O=C(Cl)Oc1ccccc1.O=C(Nc1cccc(Cl)c1)N1CCn2ncc(-c3ccc(F)cc3)c2C1. The number of aryl methyl sites for hydroxylation is 1. The number of pyridine rings is 1. The van der Waals surface area contributed by atoms with Crippen LogP contribution in [0.5, 0.6) is 5.75 Å². The number of benzene rings is 4. The molecule has 0 fully saturated rings. The number of anilines is 2. The summed E-state index contributed by atoms with van der Waals surface area (Å²) in [6, 6.07) is 31.1. The highest BCUT2D eigenvalue weighted by atomic mass is 35.5. The average molecular weight is 871 g/mol. The number of hydrogen-bond donors (Lipinski definition) is 3. The van der Waals surface area contributed by atoms with Crippen LogP contribution in [0.1, 0.15) is 17.1 Å². The fourth-order valence-electron chi connectivity index (χ4n) is 6.25. The molecule has 4 aromatic carbocycles. The first-order valence-electron chi connectivity index (χ1n) is 18.9. The summed E-state index contributed by atoms with van der Waals surface area (Å²) >= 11 is 10.9. The molecule has 3 aromatic heterocycles. The number of nitrogen functional groups attached to an aromatic ring is 1. The van der Waals surface area contributed by atoms with Crippen molar-refractivity contribution in [3.05, 3.63) is 167 Å². The second-order valence-electron chi connectivity index (χ2n) is 13.5. The van der Waals surface area contributed by atoms with Gasteiger partial charge in [0.2, 0.25) is 0 Å². The van der Waals surface area contributed by atoms with Crippen molar-refractivity contribution in [2.45, 2.75) is 33.1 Å². The molecular weight excluding hydrogens is 830 g/mol. The second kappa shape index (κ2) is 21.0. The zero-order valence-electron chi connectivity index (χ0n) is 32.7. The fraction of sp³-hybridized carbons (Fsp3) is 0.159. The van der Waals surface area contributed by atoms with Gasteiger partial charge >= 0.3 is 11.5 Å². The van der Waals surface area contributed by atoms with Crippen molar-refractivity contribution >= 4 is 46.2 Å². The Labute approximate surface area is 359 Å². The lowest BCUT2D eigenvalue weighted by Crippen LogP contribution is -2.41. The Morgan fingerprint density at radius 2 is 1.39 bits per heavy atom. The number of hydrogen-bond acceptors (Lipinski definition) is 8. The van der Waals surface area contributed by atoms with Gasteiger partial charge in [0.25, 0.3) is 0 Å². The van der Waals surface area contributed by atoms with Crippen LogP contribution in [-0.4, -0.2) is 54.0 Å². The lowest BCUT2D eigenvalue weighted by atomic mass is 10.1. The van der Waals surface area contributed by atoms with E-state index in [1.807, 2.05) is 21.6 Å². The van der Waals surface area contributed by atoms with Crippen LogP contribution >= 0.6 is 23.2 Å². The normalized spacial score (nSPS) is 12.5. The van der Waals surface area contributed by atoms with Crippen molar-refractivity contribution in [2.75, 3.05) is 24.1 Å². The highest BCUT2D eigenvalue weighted by Crippen LogP contribution is 2.28. The van der Waals surface area contributed by atoms with E-state index < -0.39 is 5.43 Å². The minimum absolute atomic E-state index is 0.190. The number of nitrogens with zero attached hydrogens (tertiary/aromatic N) is 6. The number of nitrogens with two attached hydrogens (primary N) is 1. The quantitative estimate of drug-likeness (QED) is 0.148. The summed E-state index contributed by atoms with van der Waals surface area (Å²) in [6.07, 6.45) is 3.62. The molecule has 9 rings (SSSR count).